The zero-order chi connectivity index (χ0) is 17.6. The van der Waals surface area contributed by atoms with Gasteiger partial charge in [-0.2, -0.15) is 0 Å². The SMILES string of the molecule is N/N=N/N=N/N=N/N=N/N=N/N=N/N=N/N=N/N=N/N=N/N=N/N. The lowest BCUT2D eigenvalue weighted by Crippen LogP contribution is -1.70. The Morgan fingerprint density at radius 2 is 0.333 bits per heavy atom. The summed E-state index contributed by atoms with van der Waals surface area (Å²) in [6.07, 6.45) is 0. The van der Waals surface area contributed by atoms with Gasteiger partial charge in [0.1, 0.15) is 0 Å². The highest BCUT2D eigenvalue weighted by Crippen LogP contribution is 1.89. The van der Waals surface area contributed by atoms with E-state index in [2.05, 4.69) is 127 Å². The molecule has 0 aromatic rings. The van der Waals surface area contributed by atoms with Crippen LogP contribution in [-0.2, 0) is 0 Å². The second-order valence-electron chi connectivity index (χ2n) is 2.02. The van der Waals surface area contributed by atoms with Crippen molar-refractivity contribution in [1.29, 1.82) is 0 Å². The van der Waals surface area contributed by atoms with Crippen LogP contribution in [0, 0.1) is 0 Å². The van der Waals surface area contributed by atoms with Crippen molar-refractivity contribution in [2.45, 2.75) is 0 Å². The minimum atomic E-state index is 2.75. The van der Waals surface area contributed by atoms with Crippen molar-refractivity contribution in [1.82, 2.24) is 0 Å². The van der Waals surface area contributed by atoms with Crippen LogP contribution in [0.3, 0.4) is 0 Å². The highest BCUT2D eigenvalue weighted by Gasteiger charge is 1.71. The average molecular weight is 340 g/mol. The summed E-state index contributed by atoms with van der Waals surface area (Å²) in [5.74, 6) is 9.20. The monoisotopic (exact) mass is 340 g/mol. The number of hydrogen-bond acceptors (Lipinski definition) is 2. The molecule has 24 heavy (non-hydrogen) atoms. The zero-order valence-electron chi connectivity index (χ0n) is 11.0. The van der Waals surface area contributed by atoms with E-state index in [-0.39, 0.29) is 0 Å². The molecule has 0 rings (SSSR count). The molecule has 0 aliphatic heterocycles. The average Bonchev–Trinajstić information content (AvgIpc) is 2.60. The minimum absolute atomic E-state index is 2.75. The van der Waals surface area contributed by atoms with Gasteiger partial charge in [0.05, 0.1) is 0 Å². The van der Waals surface area contributed by atoms with Crippen LogP contribution in [-0.4, -0.2) is 0 Å². The smallest absolute Gasteiger partial charge is 0 e. The first-order valence-corrected chi connectivity index (χ1v) is 4.72. The van der Waals surface area contributed by atoms with E-state index in [1.807, 2.05) is 0 Å². The van der Waals surface area contributed by atoms with Gasteiger partial charge in [0.25, 0.3) is 0 Å². The minimum Gasteiger partial charge on any atom is -0.303 e. The Kier molecular flexibility index (Phi) is 14.6. The van der Waals surface area contributed by atoms with Gasteiger partial charge in [0, 0.05) is 31.3 Å². The first-order valence-electron chi connectivity index (χ1n) is 4.72. The topological polar surface area (TPSA) is 324 Å². The molecule has 0 bridgehead atoms. The fourth-order valence-electron chi connectivity index (χ4n) is 0.368. The molecule has 0 radical (unpaired) electrons. The zero-order valence-corrected chi connectivity index (χ0v) is 11.0. The van der Waals surface area contributed by atoms with E-state index in [1.54, 1.807) is 0 Å². The maximum absolute atomic E-state index is 4.60. The van der Waals surface area contributed by atoms with Gasteiger partial charge in [0.15, 0.2) is 0 Å². The molecule has 0 aliphatic rings. The Morgan fingerprint density at radius 1 is 0.208 bits per heavy atom. The lowest BCUT2D eigenvalue weighted by Gasteiger charge is -1.70. The molecule has 0 atom stereocenters. The quantitative estimate of drug-likeness (QED) is 0.343. The van der Waals surface area contributed by atoms with Gasteiger partial charge in [-0.1, -0.05) is 10.4 Å². The maximum atomic E-state index is 4.60. The lowest BCUT2D eigenvalue weighted by atomic mass is 12.3. The van der Waals surface area contributed by atoms with Gasteiger partial charge in [-0.25, -0.2) is 0 Å². The lowest BCUT2D eigenvalue weighted by molar-refractivity contribution is 0.734. The van der Waals surface area contributed by atoms with Crippen molar-refractivity contribution >= 4 is 0 Å². The molecule has 0 saturated carbocycles. The van der Waals surface area contributed by atoms with Crippen molar-refractivity contribution in [2.75, 3.05) is 0 Å². The Bertz CT molecular complexity index is 538. The van der Waals surface area contributed by atoms with Crippen molar-refractivity contribution in [3.8, 4) is 0 Å². The molecular formula is H4N24. The van der Waals surface area contributed by atoms with Crippen LogP contribution in [0.25, 0.3) is 0 Å². The van der Waals surface area contributed by atoms with Crippen molar-refractivity contribution in [2.24, 2.45) is 127 Å². The molecule has 0 saturated heterocycles. The molecule has 24 heteroatoms. The van der Waals surface area contributed by atoms with Crippen molar-refractivity contribution in [3.63, 3.8) is 0 Å². The van der Waals surface area contributed by atoms with Gasteiger partial charge in [0.2, 0.25) is 0 Å². The van der Waals surface area contributed by atoms with Gasteiger partial charge in [-0.15, -0.1) is 0 Å². The summed E-state index contributed by atoms with van der Waals surface area (Å²) >= 11 is 0. The molecule has 0 aromatic heterocycles. The molecule has 0 heterocycles. The fourth-order valence-corrected chi connectivity index (χ4v) is 0.368. The van der Waals surface area contributed by atoms with E-state index >= 15 is 0 Å². The normalized spacial score (nSPS) is 14.8. The molecular weight excluding hydrogens is 336 g/mol. The summed E-state index contributed by atoms with van der Waals surface area (Å²) in [6.45, 7) is 0. The third kappa shape index (κ3) is 17.2. The molecule has 0 fully saturated rings. The third-order valence-electron chi connectivity index (χ3n) is 0.863. The molecule has 124 valence electrons. The molecule has 4 N–H and O–H groups in total. The molecule has 24 nitrogen and oxygen atoms in total. The van der Waals surface area contributed by atoms with Crippen LogP contribution in [0.4, 0.5) is 0 Å². The standard InChI is InChI=1S/H4N24/c1-3-5-7-9-11-13-15-17-19-21-23-24-22-20-18-16-14-12-10-8-6-4-2/h(H2,1,4,5,8,9,12,13,16,17,20,21,24)(H2,2,3,6,7,10,11,14,15,18,19,22,23). The first-order chi connectivity index (χ1) is 11.9. The number of hydrogen-bond donors (Lipinski definition) is 2. The Morgan fingerprint density at radius 3 is 0.458 bits per heavy atom. The first kappa shape index (κ1) is 19.2. The highest BCUT2D eigenvalue weighted by atomic mass is 15.7. The van der Waals surface area contributed by atoms with Crippen LogP contribution < -0.4 is 11.7 Å². The molecule has 0 amide bonds. The van der Waals surface area contributed by atoms with Crippen LogP contribution >= 0.6 is 0 Å². The Labute approximate surface area is 128 Å². The van der Waals surface area contributed by atoms with Gasteiger partial charge in [-0.3, -0.25) is 0 Å². The van der Waals surface area contributed by atoms with Gasteiger partial charge >= 0.3 is 0 Å². The van der Waals surface area contributed by atoms with Crippen LogP contribution in [0.15, 0.2) is 115 Å². The van der Waals surface area contributed by atoms with E-state index in [0.717, 1.165) is 0 Å². The second kappa shape index (κ2) is 18.2. The molecule has 0 aromatic carbocycles. The van der Waals surface area contributed by atoms with E-state index in [4.69, 9.17) is 0 Å². The van der Waals surface area contributed by atoms with E-state index in [0.29, 0.717) is 0 Å². The number of rotatable bonds is 10. The summed E-state index contributed by atoms with van der Waals surface area (Å²) in [6, 6.07) is 0. The van der Waals surface area contributed by atoms with E-state index in [9.17, 15) is 0 Å². The van der Waals surface area contributed by atoms with E-state index < -0.39 is 0 Å². The third-order valence-corrected chi connectivity index (χ3v) is 0.863. The number of nitrogens with zero attached hydrogens (tertiary/aromatic N) is 22. The summed E-state index contributed by atoms with van der Waals surface area (Å²) in [5.41, 5.74) is 0. The highest BCUT2D eigenvalue weighted by molar-refractivity contribution is 4.14. The summed E-state index contributed by atoms with van der Waals surface area (Å²) in [7, 11) is 0. The summed E-state index contributed by atoms with van der Waals surface area (Å²) in [4.78, 5) is 0. The maximum Gasteiger partial charge on any atom is 0 e. The van der Waals surface area contributed by atoms with Crippen LogP contribution in [0.5, 0.6) is 0 Å². The Hall–Kier alpha value is -4.80. The predicted molar refractivity (Wildman–Crippen MR) is 61.8 cm³/mol. The van der Waals surface area contributed by atoms with Crippen molar-refractivity contribution < 1.29 is 0 Å². The van der Waals surface area contributed by atoms with Gasteiger partial charge in [-0.05, 0) is 73.1 Å². The molecule has 0 unspecified atom stereocenters. The van der Waals surface area contributed by atoms with Crippen LogP contribution in [0.1, 0.15) is 0 Å². The molecule has 0 spiro atoms. The van der Waals surface area contributed by atoms with Crippen molar-refractivity contribution in [3.05, 3.63) is 0 Å². The van der Waals surface area contributed by atoms with Crippen LogP contribution in [0.2, 0.25) is 0 Å². The van der Waals surface area contributed by atoms with Gasteiger partial charge < -0.3 is 11.7 Å². The van der Waals surface area contributed by atoms with E-state index in [1.165, 1.54) is 0 Å². The molecule has 0 aliphatic carbocycles. The second-order valence-corrected chi connectivity index (χ2v) is 2.02. The summed E-state index contributed by atoms with van der Waals surface area (Å²) in [5, 5.41) is 64.8. The predicted octanol–water partition coefficient (Wildman–Crippen LogP) is 2.86. The fraction of sp³-hybridized carbons (Fsp3) is 0. The Balaban J connectivity index is 3.90. The summed E-state index contributed by atoms with van der Waals surface area (Å²) < 4.78 is 0. The largest absolute Gasteiger partial charge is 0.303 e. The number of nitrogens with two attached hydrogens (primary N) is 2.